The van der Waals surface area contributed by atoms with Crippen LogP contribution in [0.2, 0.25) is 0 Å². The summed E-state index contributed by atoms with van der Waals surface area (Å²) in [5.41, 5.74) is 4.55. The number of carboxylic acid groups (broad SMARTS) is 1. The molecule has 0 amide bonds. The average molecular weight is 463 g/mol. The summed E-state index contributed by atoms with van der Waals surface area (Å²) in [6, 6.07) is 14.7. The van der Waals surface area contributed by atoms with Gasteiger partial charge in [0, 0.05) is 12.0 Å². The molecule has 4 bridgehead atoms. The smallest absolute Gasteiger partial charge is 0.303 e. The zero-order valence-electron chi connectivity index (χ0n) is 19.9. The lowest BCUT2D eigenvalue weighted by molar-refractivity contribution is -0.137. The summed E-state index contributed by atoms with van der Waals surface area (Å²) in [5, 5.41) is 9.01. The van der Waals surface area contributed by atoms with Gasteiger partial charge in [-0.3, -0.25) is 4.79 Å². The van der Waals surface area contributed by atoms with Crippen LogP contribution in [0.25, 0.3) is 0 Å². The van der Waals surface area contributed by atoms with Crippen LogP contribution in [0.3, 0.4) is 0 Å². The van der Waals surface area contributed by atoms with Gasteiger partial charge in [0.1, 0.15) is 5.75 Å². The minimum Gasteiger partial charge on any atom is -0.496 e. The number of aliphatic carboxylic acids is 1. The molecular formula is C29H34O5. The molecule has 5 aliphatic rings. The molecule has 1 N–H and O–H groups in total. The zero-order valence-corrected chi connectivity index (χ0v) is 19.9. The van der Waals surface area contributed by atoms with Gasteiger partial charge in [0.25, 0.3) is 0 Å². The minimum atomic E-state index is -1.00. The molecule has 7 rings (SSSR count). The number of carbonyl (C=O) groups is 1. The van der Waals surface area contributed by atoms with Crippen molar-refractivity contribution in [3.8, 4) is 5.75 Å². The predicted molar refractivity (Wildman–Crippen MR) is 128 cm³/mol. The third-order valence-electron chi connectivity index (χ3n) is 8.86. The SMILES string of the molecule is COc1ccc(C23CC4CC(CC(C4)C2)C3)cc1C1(c2ccc(CCC(=O)O)cc2)OCCO1. The van der Waals surface area contributed by atoms with Crippen molar-refractivity contribution < 1.29 is 24.1 Å². The van der Waals surface area contributed by atoms with Gasteiger partial charge in [0.15, 0.2) is 0 Å². The summed E-state index contributed by atoms with van der Waals surface area (Å²) in [6.45, 7) is 1.04. The van der Waals surface area contributed by atoms with Gasteiger partial charge < -0.3 is 19.3 Å². The van der Waals surface area contributed by atoms with E-state index < -0.39 is 11.8 Å². The maximum absolute atomic E-state index is 11.0. The summed E-state index contributed by atoms with van der Waals surface area (Å²) in [7, 11) is 1.71. The van der Waals surface area contributed by atoms with E-state index in [1.54, 1.807) is 7.11 Å². The van der Waals surface area contributed by atoms with E-state index in [9.17, 15) is 4.79 Å². The molecule has 5 fully saturated rings. The van der Waals surface area contributed by atoms with Crippen LogP contribution in [0.4, 0.5) is 0 Å². The molecule has 0 aromatic heterocycles. The first-order valence-electron chi connectivity index (χ1n) is 12.8. The third-order valence-corrected chi connectivity index (χ3v) is 8.86. The topological polar surface area (TPSA) is 65.0 Å². The predicted octanol–water partition coefficient (Wildman–Crippen LogP) is 5.43. The fourth-order valence-corrected chi connectivity index (χ4v) is 7.79. The molecule has 34 heavy (non-hydrogen) atoms. The molecule has 0 unspecified atom stereocenters. The Hall–Kier alpha value is -2.37. The number of methoxy groups -OCH3 is 1. The minimum absolute atomic E-state index is 0.123. The Labute approximate surface area is 201 Å². The summed E-state index contributed by atoms with van der Waals surface area (Å²) < 4.78 is 18.6. The lowest BCUT2D eigenvalue weighted by atomic mass is 9.48. The van der Waals surface area contributed by atoms with Gasteiger partial charge in [-0.15, -0.1) is 0 Å². The van der Waals surface area contributed by atoms with E-state index in [-0.39, 0.29) is 11.8 Å². The Morgan fingerprint density at radius 2 is 1.53 bits per heavy atom. The van der Waals surface area contributed by atoms with Crippen molar-refractivity contribution in [3.05, 3.63) is 64.7 Å². The molecule has 4 saturated carbocycles. The Bertz CT molecular complexity index is 1030. The molecule has 4 aliphatic carbocycles. The van der Waals surface area contributed by atoms with Gasteiger partial charge in [-0.05, 0) is 91.4 Å². The molecule has 5 heteroatoms. The average Bonchev–Trinajstić information content (AvgIpc) is 3.33. The summed E-state index contributed by atoms with van der Waals surface area (Å²) in [6.07, 6.45) is 8.81. The normalized spacial score (nSPS) is 31.0. The highest BCUT2D eigenvalue weighted by Crippen LogP contribution is 2.61. The van der Waals surface area contributed by atoms with Crippen molar-refractivity contribution in [2.24, 2.45) is 17.8 Å². The lowest BCUT2D eigenvalue weighted by Gasteiger charge is -2.57. The molecule has 1 aliphatic heterocycles. The second kappa shape index (κ2) is 8.39. The first-order valence-corrected chi connectivity index (χ1v) is 12.8. The monoisotopic (exact) mass is 462 g/mol. The van der Waals surface area contributed by atoms with E-state index in [1.165, 1.54) is 44.1 Å². The van der Waals surface area contributed by atoms with Crippen LogP contribution in [0.5, 0.6) is 5.75 Å². The fraction of sp³-hybridized carbons (Fsp3) is 0.552. The Kier molecular flexibility index (Phi) is 5.45. The van der Waals surface area contributed by atoms with Crippen LogP contribution in [0, 0.1) is 17.8 Å². The van der Waals surface area contributed by atoms with Gasteiger partial charge >= 0.3 is 5.97 Å². The van der Waals surface area contributed by atoms with Gasteiger partial charge in [0.2, 0.25) is 5.79 Å². The maximum atomic E-state index is 11.0. The van der Waals surface area contributed by atoms with Crippen molar-refractivity contribution in [2.45, 2.75) is 62.6 Å². The van der Waals surface area contributed by atoms with E-state index in [2.05, 4.69) is 18.2 Å². The molecule has 0 radical (unpaired) electrons. The highest BCUT2D eigenvalue weighted by atomic mass is 16.7. The van der Waals surface area contributed by atoms with Crippen molar-refractivity contribution in [1.82, 2.24) is 0 Å². The van der Waals surface area contributed by atoms with E-state index >= 15 is 0 Å². The Morgan fingerprint density at radius 3 is 2.09 bits per heavy atom. The van der Waals surface area contributed by atoms with Crippen molar-refractivity contribution in [2.75, 3.05) is 20.3 Å². The van der Waals surface area contributed by atoms with Crippen molar-refractivity contribution >= 4 is 5.97 Å². The zero-order chi connectivity index (χ0) is 23.3. The van der Waals surface area contributed by atoms with Gasteiger partial charge in [-0.2, -0.15) is 0 Å². The van der Waals surface area contributed by atoms with Crippen molar-refractivity contribution in [1.29, 1.82) is 0 Å². The van der Waals surface area contributed by atoms with E-state index in [4.69, 9.17) is 19.3 Å². The number of aryl methyl sites for hydroxylation is 1. The molecule has 2 aromatic carbocycles. The molecule has 0 spiro atoms. The first kappa shape index (κ1) is 22.1. The third kappa shape index (κ3) is 3.64. The molecule has 0 atom stereocenters. The molecular weight excluding hydrogens is 428 g/mol. The fourth-order valence-electron chi connectivity index (χ4n) is 7.79. The Morgan fingerprint density at radius 1 is 0.941 bits per heavy atom. The summed E-state index contributed by atoms with van der Waals surface area (Å²) >= 11 is 0. The number of rotatable bonds is 7. The largest absolute Gasteiger partial charge is 0.496 e. The lowest BCUT2D eigenvalue weighted by Crippen LogP contribution is -2.48. The Balaban J connectivity index is 1.39. The van der Waals surface area contributed by atoms with Gasteiger partial charge in [-0.1, -0.05) is 30.3 Å². The summed E-state index contributed by atoms with van der Waals surface area (Å²) in [5.74, 6) is 1.63. The number of carboxylic acids is 1. The number of ether oxygens (including phenoxy) is 3. The molecule has 180 valence electrons. The van der Waals surface area contributed by atoms with Crippen LogP contribution in [0.15, 0.2) is 42.5 Å². The molecule has 1 heterocycles. The van der Waals surface area contributed by atoms with Gasteiger partial charge in [-0.25, -0.2) is 0 Å². The highest BCUT2D eigenvalue weighted by Gasteiger charge is 2.52. The first-order chi connectivity index (χ1) is 16.5. The standard InChI is InChI=1S/C29H34O5/c1-32-26-8-7-24(28-16-20-12-21(17-28)14-22(13-20)18-28)15-25(26)29(33-10-11-34-29)23-5-2-19(3-6-23)4-9-27(30)31/h2-3,5-8,15,20-22H,4,9-14,16-18H2,1H3,(H,30,31). The summed E-state index contributed by atoms with van der Waals surface area (Å²) in [4.78, 5) is 11.0. The van der Waals surface area contributed by atoms with E-state index in [0.717, 1.165) is 40.2 Å². The maximum Gasteiger partial charge on any atom is 0.303 e. The second-order valence-corrected chi connectivity index (χ2v) is 11.0. The van der Waals surface area contributed by atoms with E-state index in [1.807, 2.05) is 24.3 Å². The van der Waals surface area contributed by atoms with Crippen LogP contribution < -0.4 is 4.74 Å². The second-order valence-electron chi connectivity index (χ2n) is 11.0. The molecule has 5 nitrogen and oxygen atoms in total. The van der Waals surface area contributed by atoms with Crippen LogP contribution >= 0.6 is 0 Å². The van der Waals surface area contributed by atoms with E-state index in [0.29, 0.717) is 19.6 Å². The highest BCUT2D eigenvalue weighted by molar-refractivity contribution is 5.67. The number of benzene rings is 2. The van der Waals surface area contributed by atoms with Crippen molar-refractivity contribution in [3.63, 3.8) is 0 Å². The number of hydrogen-bond acceptors (Lipinski definition) is 4. The molecule has 1 saturated heterocycles. The van der Waals surface area contributed by atoms with Gasteiger partial charge in [0.05, 0.1) is 25.9 Å². The van der Waals surface area contributed by atoms with Crippen LogP contribution in [-0.2, 0) is 31.9 Å². The van der Waals surface area contributed by atoms with Crippen LogP contribution in [0.1, 0.15) is 67.2 Å². The quantitative estimate of drug-likeness (QED) is 0.595. The number of hydrogen-bond donors (Lipinski definition) is 1. The van der Waals surface area contributed by atoms with Crippen LogP contribution in [-0.4, -0.2) is 31.4 Å². The molecule has 2 aromatic rings.